The minimum absolute atomic E-state index is 0.0717. The molecule has 0 unspecified atom stereocenters. The van der Waals surface area contributed by atoms with Crippen molar-refractivity contribution >= 4 is 22.5 Å². The largest absolute Gasteiger partial charge is 0.387 e. The molecule has 0 amide bonds. The highest BCUT2D eigenvalue weighted by molar-refractivity contribution is 6.02. The summed E-state index contributed by atoms with van der Waals surface area (Å²) in [6.07, 6.45) is 0.215. The van der Waals surface area contributed by atoms with Gasteiger partial charge in [0.2, 0.25) is 0 Å². The molecular formula is C24H25N5O3. The van der Waals surface area contributed by atoms with Crippen LogP contribution in [0.2, 0.25) is 0 Å². The smallest absolute Gasteiger partial charge is 0.164 e. The Morgan fingerprint density at radius 3 is 2.41 bits per heavy atom. The molecule has 5 N–H and O–H groups in total. The van der Waals surface area contributed by atoms with E-state index in [1.54, 1.807) is 11.5 Å². The molecule has 0 spiro atoms. The third-order valence-electron chi connectivity index (χ3n) is 6.04. The Morgan fingerprint density at radius 1 is 1.06 bits per heavy atom. The van der Waals surface area contributed by atoms with E-state index in [0.29, 0.717) is 11.5 Å². The Balaban J connectivity index is 1.70. The number of para-hydroxylation sites is 1. The number of nitrogens with one attached hydrogen (secondary N) is 1. The molecule has 8 nitrogen and oxygen atoms in total. The summed E-state index contributed by atoms with van der Waals surface area (Å²) in [6, 6.07) is 19.6. The minimum Gasteiger partial charge on any atom is -0.387 e. The molecule has 4 atom stereocenters. The summed E-state index contributed by atoms with van der Waals surface area (Å²) < 4.78 is 7.84. The average molecular weight is 431 g/mol. The van der Waals surface area contributed by atoms with Crippen LogP contribution in [0.3, 0.4) is 0 Å². The molecule has 4 aromatic rings. The summed E-state index contributed by atoms with van der Waals surface area (Å²) >= 11 is 0. The second-order valence-electron chi connectivity index (χ2n) is 8.19. The van der Waals surface area contributed by atoms with Gasteiger partial charge < -0.3 is 30.6 Å². The first kappa shape index (κ1) is 20.6. The topological polar surface area (TPSA) is 118 Å². The highest BCUT2D eigenvalue weighted by Gasteiger charge is 2.51. The van der Waals surface area contributed by atoms with Crippen LogP contribution in [-0.4, -0.2) is 49.1 Å². The Kier molecular flexibility index (Phi) is 5.15. The van der Waals surface area contributed by atoms with Gasteiger partial charge in [-0.3, -0.25) is 0 Å². The number of aromatic nitrogens is 3. The molecule has 1 aliphatic rings. The van der Waals surface area contributed by atoms with Crippen molar-refractivity contribution in [1.29, 1.82) is 0 Å². The van der Waals surface area contributed by atoms with Crippen LogP contribution >= 0.6 is 0 Å². The summed E-state index contributed by atoms with van der Waals surface area (Å²) in [7, 11) is 0. The first-order valence-electron chi connectivity index (χ1n) is 10.5. The number of fused-ring (bicyclic) bond motifs is 1. The van der Waals surface area contributed by atoms with E-state index in [0.717, 1.165) is 22.2 Å². The van der Waals surface area contributed by atoms with Gasteiger partial charge in [0.25, 0.3) is 0 Å². The van der Waals surface area contributed by atoms with Gasteiger partial charge in [0.15, 0.2) is 6.23 Å². The van der Waals surface area contributed by atoms with E-state index < -0.39 is 24.0 Å². The third-order valence-corrected chi connectivity index (χ3v) is 6.04. The number of aliphatic hydroxyl groups is 2. The van der Waals surface area contributed by atoms with Crippen molar-refractivity contribution in [3.8, 4) is 11.1 Å². The number of aliphatic hydroxyl groups excluding tert-OH is 2. The molecule has 0 radical (unpaired) electrons. The molecule has 0 saturated carbocycles. The van der Waals surface area contributed by atoms with E-state index in [1.165, 1.54) is 6.33 Å². The standard InChI is InChI=1S/C24H25N5O3/c1-24(13-25)20(31)19(30)23(32-24)29-12-17(15-8-4-2-5-9-15)18-21(26-14-27-22(18)29)28-16-10-6-3-7-11-16/h2-12,14,19-20,23,30-31H,13,25H2,1H3,(H,26,27,28)/t19-,20+,23-,24+/m1/s1. The number of anilines is 2. The fourth-order valence-electron chi connectivity index (χ4n) is 4.19. The van der Waals surface area contributed by atoms with E-state index in [1.807, 2.05) is 66.9 Å². The number of benzene rings is 2. The lowest BCUT2D eigenvalue weighted by Gasteiger charge is -2.25. The van der Waals surface area contributed by atoms with Crippen LogP contribution < -0.4 is 11.1 Å². The monoisotopic (exact) mass is 431 g/mol. The minimum atomic E-state index is -1.16. The summed E-state index contributed by atoms with van der Waals surface area (Å²) in [4.78, 5) is 9.01. The number of nitrogens with two attached hydrogens (primary N) is 1. The molecule has 2 aromatic carbocycles. The lowest BCUT2D eigenvalue weighted by Crippen LogP contribution is -2.46. The highest BCUT2D eigenvalue weighted by Crippen LogP contribution is 2.42. The maximum Gasteiger partial charge on any atom is 0.164 e. The molecular weight excluding hydrogens is 406 g/mol. The van der Waals surface area contributed by atoms with Crippen LogP contribution in [0, 0.1) is 0 Å². The van der Waals surface area contributed by atoms with Gasteiger partial charge in [-0.2, -0.15) is 0 Å². The number of ether oxygens (including phenoxy) is 1. The normalized spacial score (nSPS) is 25.3. The van der Waals surface area contributed by atoms with Crippen LogP contribution in [0.15, 0.2) is 73.2 Å². The second kappa shape index (κ2) is 7.99. The molecule has 1 fully saturated rings. The molecule has 2 aromatic heterocycles. The van der Waals surface area contributed by atoms with E-state index >= 15 is 0 Å². The Morgan fingerprint density at radius 2 is 1.75 bits per heavy atom. The maximum absolute atomic E-state index is 10.8. The molecule has 1 saturated heterocycles. The molecule has 0 aliphatic carbocycles. The molecule has 5 rings (SSSR count). The molecule has 8 heteroatoms. The van der Waals surface area contributed by atoms with Crippen molar-refractivity contribution in [1.82, 2.24) is 14.5 Å². The maximum atomic E-state index is 10.8. The molecule has 164 valence electrons. The van der Waals surface area contributed by atoms with Gasteiger partial charge in [0.1, 0.15) is 35.6 Å². The van der Waals surface area contributed by atoms with Crippen LogP contribution in [0.25, 0.3) is 22.2 Å². The van der Waals surface area contributed by atoms with Gasteiger partial charge in [-0.25, -0.2) is 9.97 Å². The van der Waals surface area contributed by atoms with Gasteiger partial charge in [-0.1, -0.05) is 48.5 Å². The third kappa shape index (κ3) is 3.34. The van der Waals surface area contributed by atoms with Crippen LogP contribution in [0.5, 0.6) is 0 Å². The first-order valence-corrected chi connectivity index (χ1v) is 10.5. The van der Waals surface area contributed by atoms with E-state index in [-0.39, 0.29) is 6.54 Å². The van der Waals surface area contributed by atoms with Crippen molar-refractivity contribution < 1.29 is 14.9 Å². The Bertz CT molecular complexity index is 1230. The Labute approximate surface area is 185 Å². The predicted octanol–water partition coefficient (Wildman–Crippen LogP) is 2.81. The SMILES string of the molecule is C[C@@]1(CN)O[C@@H](n2cc(-c3ccccc3)c3c(Nc4ccccc4)ncnc32)[C@H](O)[C@@H]1O. The Hall–Kier alpha value is -3.30. The van der Waals surface area contributed by atoms with E-state index in [9.17, 15) is 10.2 Å². The number of nitrogens with zero attached hydrogens (tertiary/aromatic N) is 3. The van der Waals surface area contributed by atoms with E-state index in [2.05, 4.69) is 15.3 Å². The van der Waals surface area contributed by atoms with Crippen molar-refractivity contribution in [2.75, 3.05) is 11.9 Å². The van der Waals surface area contributed by atoms with Crippen molar-refractivity contribution in [2.45, 2.75) is 31.0 Å². The van der Waals surface area contributed by atoms with Crippen molar-refractivity contribution in [3.05, 3.63) is 73.2 Å². The molecule has 1 aliphatic heterocycles. The molecule has 0 bridgehead atoms. The summed E-state index contributed by atoms with van der Waals surface area (Å²) in [5.41, 5.74) is 8.10. The van der Waals surface area contributed by atoms with Gasteiger partial charge in [-0.05, 0) is 24.6 Å². The average Bonchev–Trinajstić information content (AvgIpc) is 3.33. The zero-order chi connectivity index (χ0) is 22.3. The summed E-state index contributed by atoms with van der Waals surface area (Å²) in [5, 5.41) is 25.5. The second-order valence-corrected chi connectivity index (χ2v) is 8.19. The summed E-state index contributed by atoms with van der Waals surface area (Å²) in [5.74, 6) is 0.633. The first-order chi connectivity index (χ1) is 15.5. The van der Waals surface area contributed by atoms with Crippen LogP contribution in [0.1, 0.15) is 13.2 Å². The van der Waals surface area contributed by atoms with E-state index in [4.69, 9.17) is 10.5 Å². The lowest BCUT2D eigenvalue weighted by molar-refractivity contribution is -0.0852. The van der Waals surface area contributed by atoms with Gasteiger partial charge >= 0.3 is 0 Å². The number of hydrogen-bond donors (Lipinski definition) is 4. The quantitative estimate of drug-likeness (QED) is 0.384. The van der Waals surface area contributed by atoms with Gasteiger partial charge in [0, 0.05) is 24.0 Å². The van der Waals surface area contributed by atoms with Crippen LogP contribution in [-0.2, 0) is 4.74 Å². The molecule has 32 heavy (non-hydrogen) atoms. The fraction of sp³-hybridized carbons (Fsp3) is 0.250. The number of hydrogen-bond acceptors (Lipinski definition) is 7. The predicted molar refractivity (Wildman–Crippen MR) is 122 cm³/mol. The van der Waals surface area contributed by atoms with Gasteiger partial charge in [0.05, 0.1) is 5.39 Å². The zero-order valence-electron chi connectivity index (χ0n) is 17.6. The highest BCUT2D eigenvalue weighted by atomic mass is 16.6. The van der Waals surface area contributed by atoms with Crippen molar-refractivity contribution in [3.63, 3.8) is 0 Å². The fourth-order valence-corrected chi connectivity index (χ4v) is 4.19. The van der Waals surface area contributed by atoms with Crippen molar-refractivity contribution in [2.24, 2.45) is 5.73 Å². The molecule has 3 heterocycles. The number of rotatable bonds is 5. The van der Waals surface area contributed by atoms with Gasteiger partial charge in [-0.15, -0.1) is 0 Å². The lowest BCUT2D eigenvalue weighted by atomic mass is 9.98. The van der Waals surface area contributed by atoms with Crippen LogP contribution in [0.4, 0.5) is 11.5 Å². The zero-order valence-corrected chi connectivity index (χ0v) is 17.6. The summed E-state index contributed by atoms with van der Waals surface area (Å²) in [6.45, 7) is 1.77.